The summed E-state index contributed by atoms with van der Waals surface area (Å²) in [6.45, 7) is 2.70. The van der Waals surface area contributed by atoms with Crippen molar-refractivity contribution in [1.29, 1.82) is 0 Å². The Hall–Kier alpha value is -0.900. The van der Waals surface area contributed by atoms with Crippen LogP contribution in [-0.4, -0.2) is 40.9 Å². The van der Waals surface area contributed by atoms with Gasteiger partial charge in [-0.1, -0.05) is 36.8 Å². The van der Waals surface area contributed by atoms with E-state index >= 15 is 0 Å². The predicted molar refractivity (Wildman–Crippen MR) is 91.1 cm³/mol. The Balaban J connectivity index is 1.50. The summed E-state index contributed by atoms with van der Waals surface area (Å²) in [6.07, 6.45) is 7.81. The van der Waals surface area contributed by atoms with Gasteiger partial charge in [-0.2, -0.15) is 0 Å². The van der Waals surface area contributed by atoms with Gasteiger partial charge in [-0.25, -0.2) is 0 Å². The van der Waals surface area contributed by atoms with Crippen LogP contribution in [0.1, 0.15) is 50.5 Å². The van der Waals surface area contributed by atoms with Crippen molar-refractivity contribution in [2.75, 3.05) is 13.2 Å². The lowest BCUT2D eigenvalue weighted by Crippen LogP contribution is -2.60. The quantitative estimate of drug-likeness (QED) is 0.928. The molecule has 3 heteroatoms. The molecule has 1 aromatic carbocycles. The first-order valence-corrected chi connectivity index (χ1v) is 9.34. The summed E-state index contributed by atoms with van der Waals surface area (Å²) in [5.74, 6) is 0.443. The Morgan fingerprint density at radius 1 is 1.00 bits per heavy atom. The second kappa shape index (κ2) is 6.54. The Labute approximate surface area is 139 Å². The summed E-state index contributed by atoms with van der Waals surface area (Å²) in [4.78, 5) is 2.69. The van der Waals surface area contributed by atoms with Crippen molar-refractivity contribution in [3.8, 4) is 0 Å². The highest BCUT2D eigenvalue weighted by Crippen LogP contribution is 2.45. The van der Waals surface area contributed by atoms with Crippen LogP contribution < -0.4 is 0 Å². The lowest BCUT2D eigenvalue weighted by atomic mass is 9.68. The Morgan fingerprint density at radius 3 is 2.30 bits per heavy atom. The van der Waals surface area contributed by atoms with Crippen LogP contribution in [-0.2, 0) is 11.3 Å². The maximum atomic E-state index is 11.4. The molecule has 0 aromatic heterocycles. The maximum absolute atomic E-state index is 11.4. The monoisotopic (exact) mass is 315 g/mol. The van der Waals surface area contributed by atoms with Gasteiger partial charge in [0.25, 0.3) is 0 Å². The molecule has 4 rings (SSSR count). The molecule has 3 aliphatic heterocycles. The third kappa shape index (κ3) is 3.19. The summed E-state index contributed by atoms with van der Waals surface area (Å²) in [5.41, 5.74) is 0.952. The lowest BCUT2D eigenvalue weighted by Gasteiger charge is -2.54. The van der Waals surface area contributed by atoms with E-state index in [0.717, 1.165) is 45.4 Å². The molecule has 126 valence electrons. The zero-order valence-corrected chi connectivity index (χ0v) is 14.0. The van der Waals surface area contributed by atoms with Crippen molar-refractivity contribution in [2.45, 2.75) is 69.2 Å². The topological polar surface area (TPSA) is 32.7 Å². The molecule has 0 radical (unpaired) electrons. The summed E-state index contributed by atoms with van der Waals surface area (Å²) in [5, 5.41) is 11.4. The molecule has 0 spiro atoms. The van der Waals surface area contributed by atoms with Crippen LogP contribution in [0.3, 0.4) is 0 Å². The fourth-order valence-electron chi connectivity index (χ4n) is 5.18. The standard InChI is InChI=1S/C20H29NO2/c22-20(17-9-11-23-12-10-17)13-18-7-4-8-19(14-20)21(18)15-16-5-2-1-3-6-16/h1-3,5-6,17-19,22H,4,7-15H2. The molecule has 3 aliphatic rings. The van der Waals surface area contributed by atoms with Gasteiger partial charge in [-0.15, -0.1) is 0 Å². The molecule has 1 aromatic rings. The predicted octanol–water partition coefficient (Wildman–Crippen LogP) is 3.36. The molecule has 23 heavy (non-hydrogen) atoms. The SMILES string of the molecule is OC1(C2CCOCC2)CC2CCCC(C1)N2Cc1ccccc1. The molecule has 3 saturated heterocycles. The van der Waals surface area contributed by atoms with E-state index in [4.69, 9.17) is 4.74 Å². The van der Waals surface area contributed by atoms with Gasteiger partial charge in [-0.3, -0.25) is 4.90 Å². The molecule has 3 heterocycles. The number of benzene rings is 1. The van der Waals surface area contributed by atoms with Gasteiger partial charge in [0.2, 0.25) is 0 Å². The highest BCUT2D eigenvalue weighted by molar-refractivity contribution is 5.16. The van der Waals surface area contributed by atoms with Gasteiger partial charge in [0.1, 0.15) is 0 Å². The minimum atomic E-state index is -0.452. The van der Waals surface area contributed by atoms with Gasteiger partial charge >= 0.3 is 0 Å². The molecule has 0 amide bonds. The van der Waals surface area contributed by atoms with Crippen LogP contribution in [0.4, 0.5) is 0 Å². The summed E-state index contributed by atoms with van der Waals surface area (Å²) in [6, 6.07) is 11.9. The summed E-state index contributed by atoms with van der Waals surface area (Å²) >= 11 is 0. The average Bonchev–Trinajstić information content (AvgIpc) is 2.58. The smallest absolute Gasteiger partial charge is 0.0707 e. The second-order valence-electron chi connectivity index (χ2n) is 7.79. The van der Waals surface area contributed by atoms with Crippen LogP contribution >= 0.6 is 0 Å². The van der Waals surface area contributed by atoms with Crippen molar-refractivity contribution >= 4 is 0 Å². The third-order valence-corrected chi connectivity index (χ3v) is 6.38. The Kier molecular flexibility index (Phi) is 4.44. The van der Waals surface area contributed by atoms with Crippen LogP contribution in [0.15, 0.2) is 30.3 Å². The number of hydrogen-bond acceptors (Lipinski definition) is 3. The van der Waals surface area contributed by atoms with Crippen molar-refractivity contribution in [2.24, 2.45) is 5.92 Å². The lowest BCUT2D eigenvalue weighted by molar-refractivity contribution is -0.142. The fourth-order valence-corrected chi connectivity index (χ4v) is 5.18. The van der Waals surface area contributed by atoms with E-state index in [1.165, 1.54) is 24.8 Å². The number of nitrogens with zero attached hydrogens (tertiary/aromatic N) is 1. The highest BCUT2D eigenvalue weighted by Gasteiger charge is 2.49. The fraction of sp³-hybridized carbons (Fsp3) is 0.700. The largest absolute Gasteiger partial charge is 0.389 e. The van der Waals surface area contributed by atoms with E-state index in [9.17, 15) is 5.11 Å². The van der Waals surface area contributed by atoms with Gasteiger partial charge in [0.05, 0.1) is 5.60 Å². The number of fused-ring (bicyclic) bond motifs is 2. The van der Waals surface area contributed by atoms with Crippen molar-refractivity contribution in [3.05, 3.63) is 35.9 Å². The van der Waals surface area contributed by atoms with E-state index in [0.29, 0.717) is 18.0 Å². The first-order valence-electron chi connectivity index (χ1n) is 9.34. The van der Waals surface area contributed by atoms with Crippen LogP contribution in [0, 0.1) is 5.92 Å². The zero-order valence-electron chi connectivity index (χ0n) is 14.0. The first-order chi connectivity index (χ1) is 11.2. The third-order valence-electron chi connectivity index (χ3n) is 6.38. The normalized spacial score (nSPS) is 36.0. The van der Waals surface area contributed by atoms with Crippen LogP contribution in [0.25, 0.3) is 0 Å². The van der Waals surface area contributed by atoms with Crippen molar-refractivity contribution < 1.29 is 9.84 Å². The van der Waals surface area contributed by atoms with Gasteiger partial charge < -0.3 is 9.84 Å². The molecule has 0 saturated carbocycles. The molecule has 2 unspecified atom stereocenters. The molecular formula is C20H29NO2. The van der Waals surface area contributed by atoms with Crippen molar-refractivity contribution in [1.82, 2.24) is 4.90 Å². The molecular weight excluding hydrogens is 286 g/mol. The minimum absolute atomic E-state index is 0.443. The zero-order chi connectivity index (χ0) is 15.7. The second-order valence-corrected chi connectivity index (χ2v) is 7.79. The number of ether oxygens (including phenoxy) is 1. The van der Waals surface area contributed by atoms with E-state index in [2.05, 4.69) is 35.2 Å². The number of hydrogen-bond donors (Lipinski definition) is 1. The average molecular weight is 315 g/mol. The van der Waals surface area contributed by atoms with E-state index in [1.807, 2.05) is 0 Å². The molecule has 0 aliphatic carbocycles. The van der Waals surface area contributed by atoms with Crippen LogP contribution in [0.2, 0.25) is 0 Å². The molecule has 2 bridgehead atoms. The number of rotatable bonds is 3. The van der Waals surface area contributed by atoms with Crippen LogP contribution in [0.5, 0.6) is 0 Å². The Morgan fingerprint density at radius 2 is 1.65 bits per heavy atom. The molecule has 2 atom stereocenters. The van der Waals surface area contributed by atoms with Gasteiger partial charge in [-0.05, 0) is 50.0 Å². The minimum Gasteiger partial charge on any atom is -0.389 e. The molecule has 3 fully saturated rings. The Bertz CT molecular complexity index is 498. The number of aliphatic hydroxyl groups is 1. The first kappa shape index (κ1) is 15.6. The summed E-state index contributed by atoms with van der Waals surface area (Å²) in [7, 11) is 0. The van der Waals surface area contributed by atoms with E-state index < -0.39 is 5.60 Å². The molecule has 1 N–H and O–H groups in total. The van der Waals surface area contributed by atoms with Crippen molar-refractivity contribution in [3.63, 3.8) is 0 Å². The highest BCUT2D eigenvalue weighted by atomic mass is 16.5. The maximum Gasteiger partial charge on any atom is 0.0707 e. The van der Waals surface area contributed by atoms with E-state index in [-0.39, 0.29) is 0 Å². The number of piperidine rings is 2. The van der Waals surface area contributed by atoms with E-state index in [1.54, 1.807) is 0 Å². The molecule has 3 nitrogen and oxygen atoms in total. The van der Waals surface area contributed by atoms with Gasteiger partial charge in [0.15, 0.2) is 0 Å². The summed E-state index contributed by atoms with van der Waals surface area (Å²) < 4.78 is 5.51. The van der Waals surface area contributed by atoms with Gasteiger partial charge in [0, 0.05) is 31.8 Å².